The van der Waals surface area contributed by atoms with Crippen LogP contribution < -0.4 is 4.74 Å². The lowest BCUT2D eigenvalue weighted by atomic mass is 10.5. The Hall–Kier alpha value is -1.05. The summed E-state index contributed by atoms with van der Waals surface area (Å²) in [5, 5.41) is 0.810. The minimum Gasteiger partial charge on any atom is -0.484 e. The highest BCUT2D eigenvalue weighted by molar-refractivity contribution is 9.11. The lowest BCUT2D eigenvalue weighted by Crippen LogP contribution is -1.86. The summed E-state index contributed by atoms with van der Waals surface area (Å²) in [6, 6.07) is 7.19. The highest BCUT2D eigenvalue weighted by Crippen LogP contribution is 2.22. The van der Waals surface area contributed by atoms with Crippen molar-refractivity contribution in [3.05, 3.63) is 37.8 Å². The fourth-order valence-corrected chi connectivity index (χ4v) is 2.98. The average Bonchev–Trinajstić information content (AvgIpc) is 3.09. The lowest BCUT2D eigenvalue weighted by molar-refractivity contribution is 0.111. The van der Waals surface area contributed by atoms with Gasteiger partial charge in [-0.05, 0) is 47.1 Å². The summed E-state index contributed by atoms with van der Waals surface area (Å²) in [5.74, 6) is 0. The minimum absolute atomic E-state index is 0.652. The Kier molecular flexibility index (Phi) is 9.99. The molecule has 0 aliphatic heterocycles. The quantitative estimate of drug-likeness (QED) is 0.709. The van der Waals surface area contributed by atoms with Gasteiger partial charge in [0.15, 0.2) is 17.6 Å². The van der Waals surface area contributed by atoms with Gasteiger partial charge in [-0.2, -0.15) is 0 Å². The van der Waals surface area contributed by atoms with Gasteiger partial charge in [-0.25, -0.2) is 0 Å². The van der Waals surface area contributed by atoms with E-state index in [9.17, 15) is 14.0 Å². The van der Waals surface area contributed by atoms with Crippen LogP contribution in [-0.4, -0.2) is 26.3 Å². The highest BCUT2D eigenvalue weighted by atomic mass is 79.9. The normalized spacial score (nSPS) is 9.25. The van der Waals surface area contributed by atoms with Crippen molar-refractivity contribution in [1.29, 1.82) is 0 Å². The van der Waals surface area contributed by atoms with E-state index < -0.39 is 7.15 Å². The van der Waals surface area contributed by atoms with E-state index in [1.54, 1.807) is 18.2 Å². The maximum absolute atomic E-state index is 10.2. The molecule has 0 bridgehead atoms. The fourth-order valence-electron chi connectivity index (χ4n) is 1.01. The van der Waals surface area contributed by atoms with E-state index in [0.717, 1.165) is 26.3 Å². The standard InChI is InChI=1S/C7H8O2S.C5H3BrOS.CH3F/c1-2-9-7-4-3-6(5-8)10-7;6-5-2-1-4(3-7)8-5;1-2/h3-5H,2H2,1H3;1-3H;1H3/i;;1D. The predicted molar refractivity (Wildman–Crippen MR) is 85.3 cm³/mol. The number of hydrogen-bond acceptors (Lipinski definition) is 5. The second-order valence-corrected chi connectivity index (χ2v) is 6.54. The first-order chi connectivity index (χ1) is 10.1. The molecule has 110 valence electrons. The number of ether oxygens (including phenoxy) is 1. The molecule has 0 radical (unpaired) electrons. The Balaban J connectivity index is 0.000000327. The molecule has 7 heteroatoms. The van der Waals surface area contributed by atoms with Crippen LogP contribution >= 0.6 is 38.6 Å². The van der Waals surface area contributed by atoms with Crippen molar-refractivity contribution in [2.75, 3.05) is 13.8 Å². The molecule has 20 heavy (non-hydrogen) atoms. The zero-order valence-corrected chi connectivity index (χ0v) is 13.9. The van der Waals surface area contributed by atoms with Gasteiger partial charge in [-0.15, -0.1) is 11.3 Å². The van der Waals surface area contributed by atoms with Crippen LogP contribution in [0.3, 0.4) is 0 Å². The molecule has 0 saturated heterocycles. The Morgan fingerprint density at radius 1 is 1.25 bits per heavy atom. The Bertz CT molecular complexity index is 531. The van der Waals surface area contributed by atoms with Gasteiger partial charge in [0.05, 0.1) is 28.7 Å². The van der Waals surface area contributed by atoms with Crippen LogP contribution in [0, 0.1) is 0 Å². The van der Waals surface area contributed by atoms with Crippen LogP contribution in [0.25, 0.3) is 0 Å². The van der Waals surface area contributed by atoms with Crippen molar-refractivity contribution in [3.8, 4) is 5.06 Å². The van der Waals surface area contributed by atoms with Crippen molar-refractivity contribution >= 4 is 51.2 Å². The van der Waals surface area contributed by atoms with Gasteiger partial charge < -0.3 is 4.74 Å². The van der Waals surface area contributed by atoms with Gasteiger partial charge in [-0.1, -0.05) is 11.3 Å². The first-order valence-electron chi connectivity index (χ1n) is 6.05. The summed E-state index contributed by atoms with van der Waals surface area (Å²) in [4.78, 5) is 21.7. The van der Waals surface area contributed by atoms with E-state index in [1.807, 2.05) is 13.0 Å². The van der Waals surface area contributed by atoms with E-state index in [0.29, 0.717) is 11.5 Å². The second kappa shape index (κ2) is 11.7. The number of thiophene rings is 2. The maximum Gasteiger partial charge on any atom is 0.174 e. The molecule has 0 spiro atoms. The van der Waals surface area contributed by atoms with E-state index in [-0.39, 0.29) is 0 Å². The molecule has 0 aliphatic carbocycles. The molecular formula is C13H14BrFO3S2. The number of alkyl halides is 1. The predicted octanol–water partition coefficient (Wildman–Crippen LogP) is 4.87. The number of hydrogen-bond donors (Lipinski definition) is 0. The fraction of sp³-hybridized carbons (Fsp3) is 0.231. The summed E-state index contributed by atoms with van der Waals surface area (Å²) in [5.41, 5.74) is 0. The van der Waals surface area contributed by atoms with Crippen molar-refractivity contribution in [2.45, 2.75) is 6.92 Å². The Labute approximate surface area is 134 Å². The molecule has 0 unspecified atom stereocenters. The molecule has 2 heterocycles. The van der Waals surface area contributed by atoms with Crippen molar-refractivity contribution < 1.29 is 20.1 Å². The third-order valence-corrected chi connectivity index (χ3v) is 4.19. The van der Waals surface area contributed by atoms with Gasteiger partial charge in [0.1, 0.15) is 0 Å². The molecule has 3 nitrogen and oxygen atoms in total. The molecule has 0 saturated carbocycles. The molecule has 0 aliphatic rings. The van der Waals surface area contributed by atoms with Gasteiger partial charge >= 0.3 is 0 Å². The van der Waals surface area contributed by atoms with E-state index in [4.69, 9.17) is 6.11 Å². The lowest BCUT2D eigenvalue weighted by Gasteiger charge is -1.94. The molecule has 0 fully saturated rings. The largest absolute Gasteiger partial charge is 0.484 e. The summed E-state index contributed by atoms with van der Waals surface area (Å²) >= 11 is 6.04. The first-order valence-corrected chi connectivity index (χ1v) is 7.77. The number of aldehydes is 2. The number of rotatable bonds is 4. The first kappa shape index (κ1) is 17.0. The zero-order valence-electron chi connectivity index (χ0n) is 11.7. The van der Waals surface area contributed by atoms with Crippen LogP contribution in [0.2, 0.25) is 0 Å². The van der Waals surface area contributed by atoms with Crippen LogP contribution in [0.1, 0.15) is 27.6 Å². The van der Waals surface area contributed by atoms with Crippen molar-refractivity contribution in [1.82, 2.24) is 0 Å². The Morgan fingerprint density at radius 2 is 1.80 bits per heavy atom. The van der Waals surface area contributed by atoms with Crippen LogP contribution in [0.4, 0.5) is 4.39 Å². The van der Waals surface area contributed by atoms with Gasteiger partial charge in [0, 0.05) is 0 Å². The third-order valence-electron chi connectivity index (χ3n) is 1.72. The monoisotopic (exact) mass is 381 g/mol. The van der Waals surface area contributed by atoms with Crippen LogP contribution in [0.5, 0.6) is 5.06 Å². The second-order valence-electron chi connectivity index (χ2n) is 2.97. The van der Waals surface area contributed by atoms with Crippen molar-refractivity contribution in [3.63, 3.8) is 0 Å². The summed E-state index contributed by atoms with van der Waals surface area (Å²) in [6.45, 7) is 2.57. The molecular weight excluding hydrogens is 367 g/mol. The number of carbonyl (C=O) groups is 2. The number of carbonyl (C=O) groups excluding carboxylic acids is 2. The maximum atomic E-state index is 10.2. The zero-order chi connectivity index (χ0) is 16.1. The van der Waals surface area contributed by atoms with Gasteiger partial charge in [0.25, 0.3) is 0 Å². The van der Waals surface area contributed by atoms with E-state index in [1.165, 1.54) is 22.7 Å². The highest BCUT2D eigenvalue weighted by Gasteiger charge is 1.96. The van der Waals surface area contributed by atoms with Crippen LogP contribution in [-0.2, 0) is 0 Å². The summed E-state index contributed by atoms with van der Waals surface area (Å²) in [7, 11) is -1.00. The molecule has 0 atom stereocenters. The van der Waals surface area contributed by atoms with Crippen LogP contribution in [0.15, 0.2) is 28.1 Å². The molecule has 2 aromatic heterocycles. The van der Waals surface area contributed by atoms with Crippen molar-refractivity contribution in [2.24, 2.45) is 0 Å². The molecule has 0 aromatic carbocycles. The van der Waals surface area contributed by atoms with Gasteiger partial charge in [0.2, 0.25) is 0 Å². The molecule has 0 N–H and O–H groups in total. The molecule has 2 aromatic rings. The molecule has 0 amide bonds. The summed E-state index contributed by atoms with van der Waals surface area (Å²) in [6.07, 6.45) is 1.67. The average molecular weight is 382 g/mol. The smallest absolute Gasteiger partial charge is 0.174 e. The Morgan fingerprint density at radius 3 is 2.15 bits per heavy atom. The van der Waals surface area contributed by atoms with E-state index in [2.05, 4.69) is 15.9 Å². The SMILES string of the molecule is CCOc1ccc(C=O)s1.O=Cc1ccc(Br)s1.[2H]CF. The van der Waals surface area contributed by atoms with E-state index >= 15 is 0 Å². The number of halogens is 2. The third kappa shape index (κ3) is 7.52. The minimum atomic E-state index is -1.00. The summed E-state index contributed by atoms with van der Waals surface area (Å²) < 4.78 is 21.6. The topological polar surface area (TPSA) is 43.4 Å². The molecule has 2 rings (SSSR count). The van der Waals surface area contributed by atoms with Gasteiger partial charge in [-0.3, -0.25) is 14.0 Å².